The second-order valence-corrected chi connectivity index (χ2v) is 6.21. The van der Waals surface area contributed by atoms with E-state index < -0.39 is 0 Å². The molecule has 0 spiro atoms. The Kier molecular flexibility index (Phi) is 3.15. The van der Waals surface area contributed by atoms with Gasteiger partial charge in [-0.1, -0.05) is 12.1 Å². The molecular formula is C16H15BrN4. The number of hydrogen-bond acceptors (Lipinski definition) is 3. The average molecular weight is 343 g/mol. The van der Waals surface area contributed by atoms with Crippen molar-refractivity contribution in [1.82, 2.24) is 15.0 Å². The fraction of sp³-hybridized carbons (Fsp3) is 0.250. The second kappa shape index (κ2) is 5.15. The van der Waals surface area contributed by atoms with Crippen LogP contribution in [0.25, 0.3) is 22.4 Å². The van der Waals surface area contributed by atoms with Gasteiger partial charge < -0.3 is 9.88 Å². The van der Waals surface area contributed by atoms with Crippen molar-refractivity contribution < 1.29 is 0 Å². The van der Waals surface area contributed by atoms with Crippen molar-refractivity contribution >= 4 is 32.8 Å². The maximum atomic E-state index is 4.69. The van der Waals surface area contributed by atoms with Crippen LogP contribution in [0.1, 0.15) is 12.8 Å². The Morgan fingerprint density at radius 3 is 2.86 bits per heavy atom. The zero-order chi connectivity index (χ0) is 14.2. The van der Waals surface area contributed by atoms with Crippen molar-refractivity contribution in [3.8, 4) is 11.3 Å². The number of halogens is 1. The monoisotopic (exact) mass is 342 g/mol. The Balaban J connectivity index is 1.74. The molecule has 0 radical (unpaired) electrons. The van der Waals surface area contributed by atoms with Crippen LogP contribution in [-0.2, 0) is 0 Å². The van der Waals surface area contributed by atoms with Crippen LogP contribution >= 0.6 is 15.9 Å². The Morgan fingerprint density at radius 2 is 2.00 bits per heavy atom. The van der Waals surface area contributed by atoms with E-state index in [2.05, 4.69) is 55.1 Å². The summed E-state index contributed by atoms with van der Waals surface area (Å²) in [4.78, 5) is 14.7. The highest BCUT2D eigenvalue weighted by atomic mass is 79.9. The molecule has 4 rings (SSSR count). The van der Waals surface area contributed by atoms with Crippen LogP contribution in [0.15, 0.2) is 41.1 Å². The smallest absolute Gasteiger partial charge is 0.156 e. The molecule has 1 fully saturated rings. The number of rotatable bonds is 2. The Morgan fingerprint density at radius 1 is 1.14 bits per heavy atom. The summed E-state index contributed by atoms with van der Waals surface area (Å²) in [6.45, 7) is 2.30. The summed E-state index contributed by atoms with van der Waals surface area (Å²) in [6, 6.07) is 10.5. The Bertz CT molecular complexity index is 790. The third kappa shape index (κ3) is 2.42. The van der Waals surface area contributed by atoms with E-state index in [1.807, 2.05) is 12.3 Å². The number of anilines is 1. The van der Waals surface area contributed by atoms with Crippen LogP contribution in [0.2, 0.25) is 0 Å². The lowest BCUT2D eigenvalue weighted by atomic mass is 10.1. The van der Waals surface area contributed by atoms with Gasteiger partial charge in [-0.05, 0) is 47.0 Å². The van der Waals surface area contributed by atoms with E-state index >= 15 is 0 Å². The summed E-state index contributed by atoms with van der Waals surface area (Å²) in [7, 11) is 0. The van der Waals surface area contributed by atoms with Crippen molar-refractivity contribution in [3.05, 3.63) is 41.1 Å². The number of benzene rings is 1. The maximum Gasteiger partial charge on any atom is 0.156 e. The number of aromatic amines is 1. The third-order valence-corrected chi connectivity index (χ3v) is 4.34. The first kappa shape index (κ1) is 12.8. The third-order valence-electron chi connectivity index (χ3n) is 3.91. The first-order chi connectivity index (χ1) is 10.3. The summed E-state index contributed by atoms with van der Waals surface area (Å²) in [6.07, 6.45) is 4.40. The summed E-state index contributed by atoms with van der Waals surface area (Å²) in [5.74, 6) is 0. The molecule has 0 aliphatic carbocycles. The maximum absolute atomic E-state index is 4.69. The molecule has 0 unspecified atom stereocenters. The number of nitrogens with one attached hydrogen (secondary N) is 1. The van der Waals surface area contributed by atoms with Gasteiger partial charge in [0.05, 0.1) is 16.5 Å². The summed E-state index contributed by atoms with van der Waals surface area (Å²) >= 11 is 3.42. The zero-order valence-corrected chi connectivity index (χ0v) is 13.1. The SMILES string of the molecule is Brc1cc2nc(-c3cccc(N4CCCC4)c3)cnc2[nH]1. The highest BCUT2D eigenvalue weighted by Gasteiger charge is 2.13. The van der Waals surface area contributed by atoms with E-state index in [-0.39, 0.29) is 0 Å². The van der Waals surface area contributed by atoms with Crippen LogP contribution in [0.5, 0.6) is 0 Å². The van der Waals surface area contributed by atoms with E-state index in [1.165, 1.54) is 18.5 Å². The van der Waals surface area contributed by atoms with Gasteiger partial charge in [0, 0.05) is 24.3 Å². The van der Waals surface area contributed by atoms with Gasteiger partial charge in [-0.15, -0.1) is 0 Å². The van der Waals surface area contributed by atoms with Crippen molar-refractivity contribution in [1.29, 1.82) is 0 Å². The zero-order valence-electron chi connectivity index (χ0n) is 11.5. The molecule has 0 saturated carbocycles. The molecule has 1 saturated heterocycles. The first-order valence-corrected chi connectivity index (χ1v) is 7.95. The predicted octanol–water partition coefficient (Wildman–Crippen LogP) is 3.99. The van der Waals surface area contributed by atoms with Crippen molar-refractivity contribution in [2.45, 2.75) is 12.8 Å². The number of aromatic nitrogens is 3. The van der Waals surface area contributed by atoms with Crippen LogP contribution in [0.3, 0.4) is 0 Å². The lowest BCUT2D eigenvalue weighted by Crippen LogP contribution is -2.17. The standard InChI is InChI=1S/C16H15BrN4/c17-15-9-13-16(20-15)18-10-14(19-13)11-4-3-5-12(8-11)21-6-1-2-7-21/h3-5,8-10H,1-2,6-7H2,(H,18,20). The van der Waals surface area contributed by atoms with Gasteiger partial charge in [0.25, 0.3) is 0 Å². The van der Waals surface area contributed by atoms with Crippen LogP contribution in [-0.4, -0.2) is 28.0 Å². The number of fused-ring (bicyclic) bond motifs is 1. The van der Waals surface area contributed by atoms with Crippen LogP contribution in [0, 0.1) is 0 Å². The van der Waals surface area contributed by atoms with Gasteiger partial charge in [-0.25, -0.2) is 9.97 Å². The highest BCUT2D eigenvalue weighted by molar-refractivity contribution is 9.10. The molecule has 1 aliphatic rings. The minimum atomic E-state index is 0.807. The van der Waals surface area contributed by atoms with Gasteiger partial charge >= 0.3 is 0 Å². The quantitative estimate of drug-likeness (QED) is 0.765. The minimum Gasteiger partial charge on any atom is -0.372 e. The minimum absolute atomic E-state index is 0.807. The van der Waals surface area contributed by atoms with Gasteiger partial charge in [0.2, 0.25) is 0 Å². The van der Waals surface area contributed by atoms with Crippen molar-refractivity contribution in [2.75, 3.05) is 18.0 Å². The second-order valence-electron chi connectivity index (χ2n) is 5.35. The first-order valence-electron chi connectivity index (χ1n) is 7.16. The summed E-state index contributed by atoms with van der Waals surface area (Å²) in [5.41, 5.74) is 5.00. The van der Waals surface area contributed by atoms with E-state index in [9.17, 15) is 0 Å². The fourth-order valence-electron chi connectivity index (χ4n) is 2.85. The largest absolute Gasteiger partial charge is 0.372 e. The summed E-state index contributed by atoms with van der Waals surface area (Å²) < 4.78 is 0.903. The number of H-pyrrole nitrogens is 1. The van der Waals surface area contributed by atoms with Crippen LogP contribution < -0.4 is 4.90 Å². The lowest BCUT2D eigenvalue weighted by molar-refractivity contribution is 0.949. The molecular weight excluding hydrogens is 328 g/mol. The lowest BCUT2D eigenvalue weighted by Gasteiger charge is -2.18. The molecule has 0 amide bonds. The van der Waals surface area contributed by atoms with E-state index in [1.54, 1.807) is 0 Å². The molecule has 106 valence electrons. The molecule has 5 heteroatoms. The predicted molar refractivity (Wildman–Crippen MR) is 88.5 cm³/mol. The molecule has 3 heterocycles. The van der Waals surface area contributed by atoms with E-state index in [4.69, 9.17) is 4.98 Å². The molecule has 21 heavy (non-hydrogen) atoms. The highest BCUT2D eigenvalue weighted by Crippen LogP contribution is 2.27. The Hall–Kier alpha value is -1.88. The average Bonchev–Trinajstić information content (AvgIpc) is 3.15. The molecule has 2 aromatic heterocycles. The molecule has 1 aliphatic heterocycles. The number of nitrogens with zero attached hydrogens (tertiary/aromatic N) is 3. The van der Waals surface area contributed by atoms with Gasteiger partial charge in [0.15, 0.2) is 5.65 Å². The van der Waals surface area contributed by atoms with Crippen molar-refractivity contribution in [2.24, 2.45) is 0 Å². The molecule has 1 N–H and O–H groups in total. The summed E-state index contributed by atoms with van der Waals surface area (Å²) in [5, 5.41) is 0. The Labute approximate surface area is 131 Å². The number of hydrogen-bond donors (Lipinski definition) is 1. The van der Waals surface area contributed by atoms with Gasteiger partial charge in [-0.3, -0.25) is 0 Å². The van der Waals surface area contributed by atoms with E-state index in [0.29, 0.717) is 0 Å². The fourth-order valence-corrected chi connectivity index (χ4v) is 3.25. The molecule has 0 bridgehead atoms. The van der Waals surface area contributed by atoms with Gasteiger partial charge in [0.1, 0.15) is 5.52 Å². The van der Waals surface area contributed by atoms with Crippen LogP contribution in [0.4, 0.5) is 5.69 Å². The van der Waals surface area contributed by atoms with Gasteiger partial charge in [-0.2, -0.15) is 0 Å². The van der Waals surface area contributed by atoms with Crippen molar-refractivity contribution in [3.63, 3.8) is 0 Å². The molecule has 3 aromatic rings. The molecule has 1 aromatic carbocycles. The molecule has 4 nitrogen and oxygen atoms in total. The normalized spacial score (nSPS) is 15.0. The molecule has 0 atom stereocenters. The topological polar surface area (TPSA) is 44.8 Å². The van der Waals surface area contributed by atoms with E-state index in [0.717, 1.165) is 40.1 Å².